The number of carboxylic acid groups (broad SMARTS) is 1. The van der Waals surface area contributed by atoms with Crippen LogP contribution in [0.5, 0.6) is 5.75 Å². The summed E-state index contributed by atoms with van der Waals surface area (Å²) in [6, 6.07) is 3.38. The highest BCUT2D eigenvalue weighted by atomic mass is 16.4. The van der Waals surface area contributed by atoms with Crippen molar-refractivity contribution in [3.63, 3.8) is 0 Å². The Balaban J connectivity index is 2.44. The quantitative estimate of drug-likeness (QED) is 0.829. The topological polar surface area (TPSA) is 83.6 Å². The maximum atomic E-state index is 10.6. The fourth-order valence-corrected chi connectivity index (χ4v) is 1.70. The Morgan fingerprint density at radius 1 is 1.56 bits per heavy atom. The number of fused-ring (bicyclic) bond motifs is 1. The molecule has 1 atom stereocenters. The van der Waals surface area contributed by atoms with Crippen LogP contribution in [0.2, 0.25) is 0 Å². The van der Waals surface area contributed by atoms with E-state index in [-0.39, 0.29) is 18.1 Å². The van der Waals surface area contributed by atoms with Crippen LogP contribution < -0.4 is 0 Å². The monoisotopic (exact) mass is 221 g/mol. The number of oxazole rings is 1. The summed E-state index contributed by atoms with van der Waals surface area (Å²) in [4.78, 5) is 14.5. The molecule has 0 aliphatic rings. The molecule has 1 aromatic carbocycles. The fraction of sp³-hybridized carbons (Fsp3) is 0.273. The molecule has 5 nitrogen and oxygen atoms in total. The highest BCUT2D eigenvalue weighted by Crippen LogP contribution is 2.34. The van der Waals surface area contributed by atoms with Crippen LogP contribution in [-0.2, 0) is 4.79 Å². The Morgan fingerprint density at radius 3 is 3.00 bits per heavy atom. The van der Waals surface area contributed by atoms with Crippen molar-refractivity contribution in [3.8, 4) is 5.75 Å². The van der Waals surface area contributed by atoms with E-state index >= 15 is 0 Å². The number of carboxylic acids is 1. The van der Waals surface area contributed by atoms with Crippen molar-refractivity contribution in [1.82, 2.24) is 4.98 Å². The molecular weight excluding hydrogens is 210 g/mol. The van der Waals surface area contributed by atoms with Crippen LogP contribution in [0.1, 0.15) is 24.8 Å². The lowest BCUT2D eigenvalue weighted by Crippen LogP contribution is -2.03. The van der Waals surface area contributed by atoms with Gasteiger partial charge in [0.25, 0.3) is 0 Å². The van der Waals surface area contributed by atoms with E-state index in [4.69, 9.17) is 9.52 Å². The molecule has 1 heterocycles. The molecule has 0 aliphatic carbocycles. The highest BCUT2D eigenvalue weighted by molar-refractivity contribution is 5.81. The molecule has 2 aromatic rings. The van der Waals surface area contributed by atoms with Gasteiger partial charge in [-0.2, -0.15) is 0 Å². The average Bonchev–Trinajstić information content (AvgIpc) is 2.65. The van der Waals surface area contributed by atoms with Crippen molar-refractivity contribution < 1.29 is 19.4 Å². The van der Waals surface area contributed by atoms with Gasteiger partial charge in [0.2, 0.25) is 0 Å². The molecule has 84 valence electrons. The highest BCUT2D eigenvalue weighted by Gasteiger charge is 2.17. The van der Waals surface area contributed by atoms with Gasteiger partial charge in [-0.05, 0) is 12.0 Å². The summed E-state index contributed by atoms with van der Waals surface area (Å²) in [5.74, 6) is -1.19. The molecule has 1 aromatic heterocycles. The van der Waals surface area contributed by atoms with Gasteiger partial charge in [0.1, 0.15) is 5.52 Å². The summed E-state index contributed by atoms with van der Waals surface area (Å²) in [6.45, 7) is 1.74. The van der Waals surface area contributed by atoms with Crippen LogP contribution in [0.15, 0.2) is 22.9 Å². The maximum Gasteiger partial charge on any atom is 0.303 e. The molecular formula is C11H11NO4. The maximum absolute atomic E-state index is 10.6. The lowest BCUT2D eigenvalue weighted by molar-refractivity contribution is -0.137. The van der Waals surface area contributed by atoms with Crippen molar-refractivity contribution >= 4 is 17.1 Å². The van der Waals surface area contributed by atoms with E-state index in [0.717, 1.165) is 0 Å². The number of aliphatic carboxylic acids is 1. The number of aromatic nitrogens is 1. The summed E-state index contributed by atoms with van der Waals surface area (Å²) < 4.78 is 5.04. The number of nitrogens with zero attached hydrogens (tertiary/aromatic N) is 1. The summed E-state index contributed by atoms with van der Waals surface area (Å²) >= 11 is 0. The number of hydrogen-bond acceptors (Lipinski definition) is 4. The van der Waals surface area contributed by atoms with Crippen molar-refractivity contribution in [2.75, 3.05) is 0 Å². The van der Waals surface area contributed by atoms with Gasteiger partial charge in [0, 0.05) is 5.56 Å². The van der Waals surface area contributed by atoms with Gasteiger partial charge in [-0.25, -0.2) is 4.98 Å². The first kappa shape index (κ1) is 10.5. The molecule has 2 N–H and O–H groups in total. The number of carbonyl (C=O) groups is 1. The van der Waals surface area contributed by atoms with Gasteiger partial charge in [-0.1, -0.05) is 13.0 Å². The molecule has 16 heavy (non-hydrogen) atoms. The van der Waals surface area contributed by atoms with Crippen LogP contribution in [0, 0.1) is 0 Å². The molecule has 0 fully saturated rings. The second-order valence-electron chi connectivity index (χ2n) is 3.70. The van der Waals surface area contributed by atoms with Crippen LogP contribution >= 0.6 is 0 Å². The third kappa shape index (κ3) is 1.71. The van der Waals surface area contributed by atoms with Gasteiger partial charge in [-0.15, -0.1) is 0 Å². The van der Waals surface area contributed by atoms with Crippen molar-refractivity contribution in [2.24, 2.45) is 0 Å². The minimum absolute atomic E-state index is 0.0243. The third-order valence-corrected chi connectivity index (χ3v) is 2.52. The Kier molecular flexibility index (Phi) is 2.52. The summed E-state index contributed by atoms with van der Waals surface area (Å²) in [6.07, 6.45) is 1.21. The van der Waals surface area contributed by atoms with Crippen molar-refractivity contribution in [2.45, 2.75) is 19.3 Å². The van der Waals surface area contributed by atoms with E-state index in [1.165, 1.54) is 6.39 Å². The van der Waals surface area contributed by atoms with E-state index in [0.29, 0.717) is 16.7 Å². The van der Waals surface area contributed by atoms with Crippen LogP contribution in [-0.4, -0.2) is 21.2 Å². The van der Waals surface area contributed by atoms with E-state index in [1.54, 1.807) is 19.1 Å². The van der Waals surface area contributed by atoms with E-state index < -0.39 is 5.97 Å². The summed E-state index contributed by atoms with van der Waals surface area (Å²) in [5, 5.41) is 18.6. The first-order valence-corrected chi connectivity index (χ1v) is 4.86. The minimum Gasteiger partial charge on any atom is -0.504 e. The van der Waals surface area contributed by atoms with Gasteiger partial charge in [0.15, 0.2) is 17.7 Å². The van der Waals surface area contributed by atoms with Gasteiger partial charge >= 0.3 is 5.97 Å². The molecule has 0 aliphatic heterocycles. The summed E-state index contributed by atoms with van der Waals surface area (Å²) in [7, 11) is 0. The number of rotatable bonds is 3. The molecule has 0 saturated carbocycles. The SMILES string of the molecule is CC(CC(=O)O)c1ccc2ncoc2c1O. The van der Waals surface area contributed by atoms with Crippen LogP contribution in [0.3, 0.4) is 0 Å². The predicted molar refractivity (Wildman–Crippen MR) is 56.3 cm³/mol. The first-order valence-electron chi connectivity index (χ1n) is 4.86. The van der Waals surface area contributed by atoms with E-state index in [9.17, 15) is 9.90 Å². The lowest BCUT2D eigenvalue weighted by atomic mass is 9.96. The molecule has 0 saturated heterocycles. The van der Waals surface area contributed by atoms with E-state index in [2.05, 4.69) is 4.98 Å². The number of phenols is 1. The Morgan fingerprint density at radius 2 is 2.31 bits per heavy atom. The fourth-order valence-electron chi connectivity index (χ4n) is 1.70. The van der Waals surface area contributed by atoms with Gasteiger partial charge in [-0.3, -0.25) is 4.79 Å². The number of hydrogen-bond donors (Lipinski definition) is 2. The average molecular weight is 221 g/mol. The molecule has 0 bridgehead atoms. The molecule has 0 radical (unpaired) electrons. The summed E-state index contributed by atoms with van der Waals surface area (Å²) in [5.41, 5.74) is 1.42. The van der Waals surface area contributed by atoms with Gasteiger partial charge in [0.05, 0.1) is 6.42 Å². The van der Waals surface area contributed by atoms with Gasteiger partial charge < -0.3 is 14.6 Å². The predicted octanol–water partition coefficient (Wildman–Crippen LogP) is 2.11. The van der Waals surface area contributed by atoms with Crippen molar-refractivity contribution in [1.29, 1.82) is 0 Å². The molecule has 1 unspecified atom stereocenters. The zero-order chi connectivity index (χ0) is 11.7. The van der Waals surface area contributed by atoms with E-state index in [1.807, 2.05) is 0 Å². The van der Waals surface area contributed by atoms with Crippen molar-refractivity contribution in [3.05, 3.63) is 24.1 Å². The largest absolute Gasteiger partial charge is 0.504 e. The number of phenolic OH excluding ortho intramolecular Hbond substituents is 1. The number of aromatic hydroxyl groups is 1. The molecule has 5 heteroatoms. The van der Waals surface area contributed by atoms with Crippen LogP contribution in [0.25, 0.3) is 11.1 Å². The second-order valence-corrected chi connectivity index (χ2v) is 3.70. The minimum atomic E-state index is -0.899. The smallest absolute Gasteiger partial charge is 0.303 e. The second kappa shape index (κ2) is 3.84. The molecule has 2 rings (SSSR count). The third-order valence-electron chi connectivity index (χ3n) is 2.52. The first-order chi connectivity index (χ1) is 7.59. The zero-order valence-corrected chi connectivity index (χ0v) is 8.67. The zero-order valence-electron chi connectivity index (χ0n) is 8.67. The Labute approximate surface area is 91.3 Å². The lowest BCUT2D eigenvalue weighted by Gasteiger charge is -2.10. The Bertz CT molecular complexity index is 532. The standard InChI is InChI=1S/C11H11NO4/c1-6(4-9(13)14)7-2-3-8-11(10(7)15)16-5-12-8/h2-3,5-6,15H,4H2,1H3,(H,13,14). The molecule has 0 amide bonds. The Hall–Kier alpha value is -2.04. The number of benzene rings is 1. The normalized spacial score (nSPS) is 12.8. The van der Waals surface area contributed by atoms with Crippen LogP contribution in [0.4, 0.5) is 0 Å². The molecule has 0 spiro atoms.